The van der Waals surface area contributed by atoms with Crippen LogP contribution in [0.1, 0.15) is 21.6 Å². The van der Waals surface area contributed by atoms with E-state index in [1.807, 2.05) is 18.2 Å². The van der Waals surface area contributed by atoms with Gasteiger partial charge in [-0.1, -0.05) is 35.3 Å². The maximum Gasteiger partial charge on any atom is 0.490 e. The Morgan fingerprint density at radius 2 is 1.73 bits per heavy atom. The van der Waals surface area contributed by atoms with Gasteiger partial charge in [0.25, 0.3) is 11.5 Å². The summed E-state index contributed by atoms with van der Waals surface area (Å²) in [6.07, 6.45) is -1.50. The zero-order valence-electron chi connectivity index (χ0n) is 21.0. The van der Waals surface area contributed by atoms with Crippen LogP contribution in [0.5, 0.6) is 0 Å². The number of nitrogens with zero attached hydrogens (tertiary/aromatic N) is 4. The Bertz CT molecular complexity index is 1630. The lowest BCUT2D eigenvalue weighted by Gasteiger charge is -2.35. The van der Waals surface area contributed by atoms with Gasteiger partial charge in [-0.3, -0.25) is 14.0 Å². The van der Waals surface area contributed by atoms with E-state index in [9.17, 15) is 27.2 Å². The SMILES string of the molecule is O=C(O)C(F)(F)F.O=C(c1cc(Cc2c[nH]c(=O)c3cc(Cl)c(Cl)n23)ccc1F)N1CCN(c2ccccn2)CC1. The average Bonchev–Trinajstić information content (AvgIpc) is 3.26. The van der Waals surface area contributed by atoms with Gasteiger partial charge in [-0.25, -0.2) is 14.2 Å². The Kier molecular flexibility index (Phi) is 8.88. The first-order valence-corrected chi connectivity index (χ1v) is 12.7. The number of carbonyl (C=O) groups is 2. The number of alkyl halides is 3. The third-order valence-electron chi connectivity index (χ3n) is 6.22. The molecule has 1 fully saturated rings. The first-order chi connectivity index (χ1) is 19.4. The minimum absolute atomic E-state index is 0.0149. The summed E-state index contributed by atoms with van der Waals surface area (Å²) in [5.74, 6) is -2.82. The summed E-state index contributed by atoms with van der Waals surface area (Å²) in [5.41, 5.74) is 1.36. The molecule has 1 aliphatic heterocycles. The molecule has 0 unspecified atom stereocenters. The topological polar surface area (TPSA) is 111 Å². The molecule has 1 saturated heterocycles. The zero-order valence-corrected chi connectivity index (χ0v) is 22.5. The zero-order chi connectivity index (χ0) is 29.9. The first-order valence-electron chi connectivity index (χ1n) is 12.0. The number of carbonyl (C=O) groups excluding carboxylic acids is 1. The van der Waals surface area contributed by atoms with Gasteiger partial charge in [0.1, 0.15) is 22.3 Å². The molecule has 216 valence electrons. The van der Waals surface area contributed by atoms with E-state index in [1.165, 1.54) is 12.1 Å². The van der Waals surface area contributed by atoms with Crippen LogP contribution in [0.4, 0.5) is 23.4 Å². The summed E-state index contributed by atoms with van der Waals surface area (Å²) in [7, 11) is 0. The number of amides is 1. The monoisotopic (exact) mass is 613 g/mol. The summed E-state index contributed by atoms with van der Waals surface area (Å²) < 4.78 is 48.0. The number of halogens is 6. The van der Waals surface area contributed by atoms with E-state index in [-0.39, 0.29) is 27.2 Å². The number of rotatable bonds is 4. The van der Waals surface area contributed by atoms with E-state index in [1.54, 1.807) is 33.8 Å². The van der Waals surface area contributed by atoms with Crippen LogP contribution in [-0.2, 0) is 11.2 Å². The second kappa shape index (κ2) is 12.2. The van der Waals surface area contributed by atoms with Crippen molar-refractivity contribution in [3.8, 4) is 0 Å². The number of pyridine rings is 1. The molecule has 2 N–H and O–H groups in total. The van der Waals surface area contributed by atoms with Crippen molar-refractivity contribution in [2.24, 2.45) is 0 Å². The number of aromatic amines is 1. The molecule has 15 heteroatoms. The molecular weight excluding hydrogens is 593 g/mol. The maximum absolute atomic E-state index is 14.7. The molecule has 0 bridgehead atoms. The number of anilines is 1. The normalized spacial score (nSPS) is 13.6. The Balaban J connectivity index is 0.000000493. The maximum atomic E-state index is 14.7. The summed E-state index contributed by atoms with van der Waals surface area (Å²) in [5, 5.41) is 7.61. The molecule has 0 aliphatic carbocycles. The number of fused-ring (bicyclic) bond motifs is 1. The Morgan fingerprint density at radius 1 is 1.05 bits per heavy atom. The Hall–Kier alpha value is -4.10. The van der Waals surface area contributed by atoms with Crippen LogP contribution in [-0.4, -0.2) is 68.6 Å². The van der Waals surface area contributed by atoms with E-state index in [0.717, 1.165) is 5.82 Å². The number of carboxylic acids is 1. The van der Waals surface area contributed by atoms with Crippen LogP contribution in [0.2, 0.25) is 10.2 Å². The molecular formula is C26H21Cl2F4N5O4. The quantitative estimate of drug-likeness (QED) is 0.324. The van der Waals surface area contributed by atoms with Crippen LogP contribution in [0.3, 0.4) is 0 Å². The van der Waals surface area contributed by atoms with Gasteiger partial charge in [0.15, 0.2) is 0 Å². The predicted octanol–water partition coefficient (Wildman–Crippen LogP) is 4.66. The van der Waals surface area contributed by atoms with Gasteiger partial charge in [0.05, 0.1) is 10.6 Å². The molecule has 1 aromatic carbocycles. The van der Waals surface area contributed by atoms with Gasteiger partial charge in [0, 0.05) is 50.7 Å². The number of hydrogen-bond acceptors (Lipinski definition) is 5. The molecule has 41 heavy (non-hydrogen) atoms. The number of benzene rings is 1. The summed E-state index contributed by atoms with van der Waals surface area (Å²) >= 11 is 12.4. The highest BCUT2D eigenvalue weighted by Crippen LogP contribution is 2.27. The van der Waals surface area contributed by atoms with Gasteiger partial charge in [0.2, 0.25) is 0 Å². The molecule has 1 amide bonds. The molecule has 0 radical (unpaired) electrons. The Morgan fingerprint density at radius 3 is 2.34 bits per heavy atom. The van der Waals surface area contributed by atoms with Crippen molar-refractivity contribution in [2.75, 3.05) is 31.1 Å². The molecule has 3 aromatic heterocycles. The molecule has 9 nitrogen and oxygen atoms in total. The first kappa shape index (κ1) is 29.9. The predicted molar refractivity (Wildman–Crippen MR) is 143 cm³/mol. The van der Waals surface area contributed by atoms with Crippen molar-refractivity contribution in [1.29, 1.82) is 0 Å². The molecule has 5 rings (SSSR count). The number of H-pyrrole nitrogens is 1. The van der Waals surface area contributed by atoms with Crippen LogP contribution < -0.4 is 10.5 Å². The van der Waals surface area contributed by atoms with Crippen molar-refractivity contribution in [1.82, 2.24) is 19.3 Å². The lowest BCUT2D eigenvalue weighted by atomic mass is 10.0. The standard InChI is InChI=1S/C24H20Cl2FN5O2.C2HF3O2/c25-18-13-20-23(33)29-14-16(32(20)22(18)26)11-15-4-5-19(27)17(12-15)24(34)31-9-7-30(8-10-31)21-3-1-2-6-28-21;3-2(4,5)1(6)7/h1-6,12-14H,7-11H2,(H,29,33);(H,6,7). The highest BCUT2D eigenvalue weighted by atomic mass is 35.5. The molecule has 4 aromatic rings. The fraction of sp³-hybridized carbons (Fsp3) is 0.231. The van der Waals surface area contributed by atoms with E-state index >= 15 is 0 Å². The van der Waals surface area contributed by atoms with Crippen molar-refractivity contribution in [2.45, 2.75) is 12.6 Å². The van der Waals surface area contributed by atoms with Crippen LogP contribution in [0, 0.1) is 5.82 Å². The Labute approximate surface area is 239 Å². The van der Waals surface area contributed by atoms with Gasteiger partial charge < -0.3 is 19.9 Å². The minimum Gasteiger partial charge on any atom is -0.475 e. The van der Waals surface area contributed by atoms with Gasteiger partial charge >= 0.3 is 12.1 Å². The number of carboxylic acid groups (broad SMARTS) is 1. The lowest BCUT2D eigenvalue weighted by Crippen LogP contribution is -2.49. The fourth-order valence-electron chi connectivity index (χ4n) is 4.23. The summed E-state index contributed by atoms with van der Waals surface area (Å²) in [6.45, 7) is 2.17. The van der Waals surface area contributed by atoms with Crippen molar-refractivity contribution >= 4 is 46.4 Å². The second-order valence-electron chi connectivity index (χ2n) is 8.87. The molecule has 0 saturated carbocycles. The smallest absolute Gasteiger partial charge is 0.475 e. The van der Waals surface area contributed by atoms with Crippen molar-refractivity contribution in [3.63, 3.8) is 0 Å². The molecule has 1 aliphatic rings. The van der Waals surface area contributed by atoms with Crippen LogP contribution in [0.25, 0.3) is 5.52 Å². The number of nitrogens with one attached hydrogen (secondary N) is 1. The van der Waals surface area contributed by atoms with E-state index < -0.39 is 18.0 Å². The number of aromatic nitrogens is 3. The second-order valence-corrected chi connectivity index (χ2v) is 9.64. The van der Waals surface area contributed by atoms with Crippen LogP contribution >= 0.6 is 23.2 Å². The van der Waals surface area contributed by atoms with Crippen molar-refractivity contribution < 1.29 is 32.3 Å². The third kappa shape index (κ3) is 6.80. The van der Waals surface area contributed by atoms with Crippen molar-refractivity contribution in [3.05, 3.63) is 98.0 Å². The fourth-order valence-corrected chi connectivity index (χ4v) is 4.67. The van der Waals surface area contributed by atoms with E-state index in [2.05, 4.69) is 14.9 Å². The van der Waals surface area contributed by atoms with Gasteiger partial charge in [-0.05, 0) is 35.9 Å². The molecule has 0 atom stereocenters. The highest BCUT2D eigenvalue weighted by molar-refractivity contribution is 6.42. The van der Waals surface area contributed by atoms with Crippen LogP contribution in [0.15, 0.2) is 59.7 Å². The lowest BCUT2D eigenvalue weighted by molar-refractivity contribution is -0.192. The van der Waals surface area contributed by atoms with Gasteiger partial charge in [-0.2, -0.15) is 13.2 Å². The number of aliphatic carboxylic acids is 1. The molecule has 0 spiro atoms. The highest BCUT2D eigenvalue weighted by Gasteiger charge is 2.38. The largest absolute Gasteiger partial charge is 0.490 e. The van der Waals surface area contributed by atoms with E-state index in [0.29, 0.717) is 49.4 Å². The van der Waals surface area contributed by atoms with Gasteiger partial charge in [-0.15, -0.1) is 0 Å². The number of hydrogen-bond donors (Lipinski definition) is 2. The average molecular weight is 614 g/mol. The number of piperazine rings is 1. The third-order valence-corrected chi connectivity index (χ3v) is 6.97. The summed E-state index contributed by atoms with van der Waals surface area (Å²) in [4.78, 5) is 44.9. The molecule has 4 heterocycles. The minimum atomic E-state index is -5.08. The summed E-state index contributed by atoms with van der Waals surface area (Å²) in [6, 6.07) is 11.7. The van der Waals surface area contributed by atoms with E-state index in [4.69, 9.17) is 33.1 Å².